The summed E-state index contributed by atoms with van der Waals surface area (Å²) >= 11 is 0. The van der Waals surface area contributed by atoms with E-state index in [0.717, 1.165) is 6.42 Å². The monoisotopic (exact) mass is 446 g/mol. The highest BCUT2D eigenvalue weighted by atomic mass is 32.2. The molecule has 2 fully saturated rings. The third-order valence-electron chi connectivity index (χ3n) is 5.05. The molecule has 2 aliphatic heterocycles. The zero-order valence-corrected chi connectivity index (χ0v) is 18.0. The summed E-state index contributed by atoms with van der Waals surface area (Å²) in [5.41, 5.74) is 0. The molecule has 0 N–H and O–H groups in total. The van der Waals surface area contributed by atoms with E-state index >= 15 is 0 Å². The smallest absolute Gasteiger partial charge is 0.324 e. The van der Waals surface area contributed by atoms with Crippen LogP contribution in [0.2, 0.25) is 0 Å². The number of morpholine rings is 1. The average molecular weight is 447 g/mol. The number of carbonyl (C=O) groups excluding carboxylic acids is 1. The molecule has 0 radical (unpaired) electrons. The highest BCUT2D eigenvalue weighted by Gasteiger charge is 2.38. The number of benzene rings is 1. The van der Waals surface area contributed by atoms with E-state index in [2.05, 4.69) is 0 Å². The van der Waals surface area contributed by atoms with Gasteiger partial charge in [0.25, 0.3) is 0 Å². The van der Waals surface area contributed by atoms with Crippen molar-refractivity contribution in [1.82, 2.24) is 8.61 Å². The van der Waals surface area contributed by atoms with Gasteiger partial charge in [-0.15, -0.1) is 0 Å². The molecule has 2 aliphatic rings. The maximum absolute atomic E-state index is 13.1. The molecule has 3 rings (SSSR count). The number of rotatable bonds is 6. The number of carbonyl (C=O) groups is 1. The van der Waals surface area contributed by atoms with Crippen LogP contribution < -0.4 is 0 Å². The lowest BCUT2D eigenvalue weighted by molar-refractivity contribution is -0.148. The first-order valence-electron chi connectivity index (χ1n) is 9.65. The Hall–Kier alpha value is -1.53. The molecule has 1 unspecified atom stereocenters. The number of nitrogens with zero attached hydrogens (tertiary/aromatic N) is 2. The molecule has 9 nitrogen and oxygen atoms in total. The molecule has 2 saturated heterocycles. The molecule has 0 aromatic heterocycles. The quantitative estimate of drug-likeness (QED) is 0.595. The molecule has 11 heteroatoms. The minimum Gasteiger partial charge on any atom is -0.465 e. The highest BCUT2D eigenvalue weighted by molar-refractivity contribution is 7.89. The molecule has 1 atom stereocenters. The first-order valence-corrected chi connectivity index (χ1v) is 12.5. The van der Waals surface area contributed by atoms with Crippen LogP contribution in [0.4, 0.5) is 0 Å². The summed E-state index contributed by atoms with van der Waals surface area (Å²) in [4.78, 5) is 12.2. The van der Waals surface area contributed by atoms with Crippen LogP contribution in [0.25, 0.3) is 0 Å². The van der Waals surface area contributed by atoms with Crippen molar-refractivity contribution in [2.75, 3.05) is 39.5 Å². The van der Waals surface area contributed by atoms with E-state index in [-0.39, 0.29) is 36.0 Å². The zero-order valence-electron chi connectivity index (χ0n) is 16.3. The van der Waals surface area contributed by atoms with Crippen LogP contribution in [0.5, 0.6) is 0 Å². The Kier molecular flexibility index (Phi) is 6.94. The first kappa shape index (κ1) is 22.2. The van der Waals surface area contributed by atoms with Crippen molar-refractivity contribution in [3.8, 4) is 0 Å². The van der Waals surface area contributed by atoms with E-state index in [4.69, 9.17) is 9.47 Å². The van der Waals surface area contributed by atoms with Gasteiger partial charge in [-0.3, -0.25) is 4.79 Å². The Morgan fingerprint density at radius 1 is 1.00 bits per heavy atom. The molecule has 1 aromatic carbocycles. The Balaban J connectivity index is 1.84. The van der Waals surface area contributed by atoms with Gasteiger partial charge >= 0.3 is 5.97 Å². The molecule has 2 heterocycles. The Labute approximate surface area is 171 Å². The van der Waals surface area contributed by atoms with E-state index in [1.807, 2.05) is 0 Å². The Bertz CT molecular complexity index is 923. The van der Waals surface area contributed by atoms with Gasteiger partial charge in [-0.05, 0) is 50.5 Å². The minimum absolute atomic E-state index is 0.0268. The van der Waals surface area contributed by atoms with E-state index < -0.39 is 32.1 Å². The van der Waals surface area contributed by atoms with Crippen LogP contribution in [-0.4, -0.2) is 76.9 Å². The number of piperidine rings is 1. The molecular weight excluding hydrogens is 420 g/mol. The van der Waals surface area contributed by atoms with Gasteiger partial charge in [0.05, 0.1) is 29.6 Å². The largest absolute Gasteiger partial charge is 0.465 e. The van der Waals surface area contributed by atoms with Crippen molar-refractivity contribution in [3.63, 3.8) is 0 Å². The van der Waals surface area contributed by atoms with Gasteiger partial charge in [0.2, 0.25) is 20.0 Å². The first-order chi connectivity index (χ1) is 13.8. The number of esters is 1. The van der Waals surface area contributed by atoms with E-state index in [1.54, 1.807) is 6.92 Å². The highest BCUT2D eigenvalue weighted by Crippen LogP contribution is 2.27. The number of sulfonamides is 2. The van der Waals surface area contributed by atoms with Crippen LogP contribution in [0, 0.1) is 0 Å². The Morgan fingerprint density at radius 2 is 1.59 bits per heavy atom. The van der Waals surface area contributed by atoms with Crippen molar-refractivity contribution in [3.05, 3.63) is 24.3 Å². The lowest BCUT2D eigenvalue weighted by atomic mass is 10.1. The fourth-order valence-electron chi connectivity index (χ4n) is 3.52. The van der Waals surface area contributed by atoms with Crippen molar-refractivity contribution >= 4 is 26.0 Å². The molecule has 29 heavy (non-hydrogen) atoms. The second-order valence-electron chi connectivity index (χ2n) is 6.87. The summed E-state index contributed by atoms with van der Waals surface area (Å²) < 4.78 is 64.3. The molecule has 0 aliphatic carbocycles. The summed E-state index contributed by atoms with van der Waals surface area (Å²) in [5, 5.41) is 0. The van der Waals surface area contributed by atoms with E-state index in [1.165, 1.54) is 32.9 Å². The van der Waals surface area contributed by atoms with Crippen molar-refractivity contribution in [2.24, 2.45) is 0 Å². The van der Waals surface area contributed by atoms with Gasteiger partial charge in [0.15, 0.2) is 0 Å². The number of ether oxygens (including phenoxy) is 2. The normalized spacial score (nSPS) is 22.3. The van der Waals surface area contributed by atoms with Gasteiger partial charge in [-0.1, -0.05) is 0 Å². The second-order valence-corrected chi connectivity index (χ2v) is 10.7. The summed E-state index contributed by atoms with van der Waals surface area (Å²) in [6.07, 6.45) is 1.80. The molecule has 0 amide bonds. The standard InChI is InChI=1S/C18H26N2O7S2/c1-2-27-18(21)17-5-3-4-10-20(17)29(24,25)16-8-6-15(7-9-16)28(22,23)19-11-13-26-14-12-19/h6-9,17H,2-5,10-14H2,1H3. The maximum atomic E-state index is 13.1. The number of hydrogen-bond donors (Lipinski definition) is 0. The van der Waals surface area contributed by atoms with Gasteiger partial charge in [0.1, 0.15) is 6.04 Å². The summed E-state index contributed by atoms with van der Waals surface area (Å²) in [6, 6.07) is 4.28. The third-order valence-corrected chi connectivity index (χ3v) is 8.89. The summed E-state index contributed by atoms with van der Waals surface area (Å²) in [7, 11) is -7.67. The lowest BCUT2D eigenvalue weighted by Crippen LogP contribution is -2.48. The fraction of sp³-hybridized carbons (Fsp3) is 0.611. The molecule has 0 saturated carbocycles. The predicted molar refractivity (Wildman–Crippen MR) is 104 cm³/mol. The lowest BCUT2D eigenvalue weighted by Gasteiger charge is -2.33. The predicted octanol–water partition coefficient (Wildman–Crippen LogP) is 0.814. The third kappa shape index (κ3) is 4.64. The molecule has 0 spiro atoms. The van der Waals surface area contributed by atoms with Crippen molar-refractivity contribution < 1.29 is 31.1 Å². The van der Waals surface area contributed by atoms with Crippen LogP contribution in [0.15, 0.2) is 34.1 Å². The van der Waals surface area contributed by atoms with Gasteiger partial charge < -0.3 is 9.47 Å². The number of hydrogen-bond acceptors (Lipinski definition) is 7. The van der Waals surface area contributed by atoms with E-state index in [0.29, 0.717) is 26.1 Å². The maximum Gasteiger partial charge on any atom is 0.324 e. The van der Waals surface area contributed by atoms with Crippen LogP contribution >= 0.6 is 0 Å². The van der Waals surface area contributed by atoms with Crippen LogP contribution in [0.3, 0.4) is 0 Å². The van der Waals surface area contributed by atoms with Gasteiger partial charge in [-0.2, -0.15) is 8.61 Å². The van der Waals surface area contributed by atoms with Gasteiger partial charge in [0, 0.05) is 19.6 Å². The molecule has 162 valence electrons. The summed E-state index contributed by atoms with van der Waals surface area (Å²) in [6.45, 7) is 3.25. The topological polar surface area (TPSA) is 110 Å². The van der Waals surface area contributed by atoms with Gasteiger partial charge in [-0.25, -0.2) is 16.8 Å². The fourth-order valence-corrected chi connectivity index (χ4v) is 6.58. The summed E-state index contributed by atoms with van der Waals surface area (Å²) in [5.74, 6) is -0.553. The van der Waals surface area contributed by atoms with Crippen molar-refractivity contribution in [1.29, 1.82) is 0 Å². The zero-order chi connectivity index (χ0) is 21.1. The van der Waals surface area contributed by atoms with Crippen LogP contribution in [-0.2, 0) is 34.3 Å². The molecule has 0 bridgehead atoms. The average Bonchev–Trinajstić information content (AvgIpc) is 2.74. The van der Waals surface area contributed by atoms with Crippen LogP contribution in [0.1, 0.15) is 26.2 Å². The molecular formula is C18H26N2O7S2. The van der Waals surface area contributed by atoms with E-state index in [9.17, 15) is 21.6 Å². The Morgan fingerprint density at radius 3 is 2.17 bits per heavy atom. The second kappa shape index (κ2) is 9.09. The molecule has 1 aromatic rings. The SMILES string of the molecule is CCOC(=O)C1CCCCN1S(=O)(=O)c1ccc(S(=O)(=O)N2CCOCC2)cc1. The van der Waals surface area contributed by atoms with Crippen molar-refractivity contribution in [2.45, 2.75) is 42.0 Å². The minimum atomic E-state index is -3.96.